The first kappa shape index (κ1) is 7.60. The summed E-state index contributed by atoms with van der Waals surface area (Å²) in [5.74, 6) is 2.88. The molecule has 0 aromatic rings. The fourth-order valence-electron chi connectivity index (χ4n) is 2.62. The largest absolute Gasteiger partial charge is 0.381 e. The number of ether oxygens (including phenoxy) is 1. The van der Waals surface area contributed by atoms with E-state index in [-0.39, 0.29) is 0 Å². The van der Waals surface area contributed by atoms with E-state index < -0.39 is 0 Å². The first-order valence-electron chi connectivity index (χ1n) is 4.94. The van der Waals surface area contributed by atoms with Crippen molar-refractivity contribution < 1.29 is 4.74 Å². The topological polar surface area (TPSA) is 9.23 Å². The zero-order valence-corrected chi connectivity index (χ0v) is 7.38. The van der Waals surface area contributed by atoms with Crippen LogP contribution in [0.15, 0.2) is 0 Å². The van der Waals surface area contributed by atoms with Crippen molar-refractivity contribution in [3.05, 3.63) is 0 Å². The highest BCUT2D eigenvalue weighted by Crippen LogP contribution is 2.37. The van der Waals surface area contributed by atoms with Crippen LogP contribution in [0.1, 0.15) is 32.6 Å². The fourth-order valence-corrected chi connectivity index (χ4v) is 2.62. The van der Waals surface area contributed by atoms with Gasteiger partial charge in [0.2, 0.25) is 0 Å². The lowest BCUT2D eigenvalue weighted by Crippen LogP contribution is -2.32. The van der Waals surface area contributed by atoms with E-state index in [9.17, 15) is 0 Å². The molecule has 1 aliphatic heterocycles. The summed E-state index contributed by atoms with van der Waals surface area (Å²) in [6.45, 7) is 4.45. The molecule has 0 amide bonds. The second-order valence-electron chi connectivity index (χ2n) is 4.30. The third kappa shape index (κ3) is 1.58. The third-order valence-corrected chi connectivity index (χ3v) is 3.37. The van der Waals surface area contributed by atoms with Gasteiger partial charge in [-0.2, -0.15) is 0 Å². The Kier molecular flexibility index (Phi) is 2.17. The summed E-state index contributed by atoms with van der Waals surface area (Å²) in [6, 6.07) is 0. The number of rotatable bonds is 0. The van der Waals surface area contributed by atoms with Crippen molar-refractivity contribution in [1.29, 1.82) is 0 Å². The molecule has 2 aliphatic rings. The Morgan fingerprint density at radius 2 is 2.00 bits per heavy atom. The Bertz CT molecular complexity index is 133. The van der Waals surface area contributed by atoms with E-state index in [1.807, 2.05) is 0 Å². The van der Waals surface area contributed by atoms with Gasteiger partial charge >= 0.3 is 0 Å². The van der Waals surface area contributed by atoms with Crippen LogP contribution < -0.4 is 0 Å². The predicted octanol–water partition coefficient (Wildman–Crippen LogP) is 2.46. The van der Waals surface area contributed by atoms with Gasteiger partial charge in [0.15, 0.2) is 0 Å². The fraction of sp³-hybridized carbons (Fsp3) is 1.00. The zero-order valence-electron chi connectivity index (χ0n) is 7.38. The minimum Gasteiger partial charge on any atom is -0.381 e. The van der Waals surface area contributed by atoms with Gasteiger partial charge in [0.05, 0.1) is 0 Å². The molecule has 1 aliphatic carbocycles. The molecule has 3 atom stereocenters. The lowest BCUT2D eigenvalue weighted by molar-refractivity contribution is -0.0117. The van der Waals surface area contributed by atoms with Crippen molar-refractivity contribution in [2.75, 3.05) is 13.2 Å². The molecule has 0 N–H and O–H groups in total. The molecule has 0 aromatic carbocycles. The number of hydrogen-bond acceptors (Lipinski definition) is 1. The van der Waals surface area contributed by atoms with Gasteiger partial charge in [-0.25, -0.2) is 0 Å². The van der Waals surface area contributed by atoms with Crippen molar-refractivity contribution in [3.63, 3.8) is 0 Å². The second-order valence-corrected chi connectivity index (χ2v) is 4.30. The van der Waals surface area contributed by atoms with E-state index in [2.05, 4.69) is 6.92 Å². The molecule has 2 fully saturated rings. The molecule has 2 rings (SSSR count). The van der Waals surface area contributed by atoms with Crippen molar-refractivity contribution in [2.24, 2.45) is 17.8 Å². The van der Waals surface area contributed by atoms with Crippen LogP contribution in [0.4, 0.5) is 0 Å². The van der Waals surface area contributed by atoms with Crippen molar-refractivity contribution in [3.8, 4) is 0 Å². The van der Waals surface area contributed by atoms with Gasteiger partial charge < -0.3 is 4.74 Å². The van der Waals surface area contributed by atoms with Gasteiger partial charge in [-0.1, -0.05) is 13.3 Å². The smallest absolute Gasteiger partial charge is 0.0497 e. The summed E-state index contributed by atoms with van der Waals surface area (Å²) >= 11 is 0. The first-order valence-corrected chi connectivity index (χ1v) is 4.94. The summed E-state index contributed by atoms with van der Waals surface area (Å²) < 4.78 is 5.49. The van der Waals surface area contributed by atoms with E-state index in [0.29, 0.717) is 0 Å². The quantitative estimate of drug-likeness (QED) is 0.521. The normalized spacial score (nSPS) is 45.0. The highest BCUT2D eigenvalue weighted by molar-refractivity contribution is 4.80. The standard InChI is InChI=1S/C10H18O/c1-8-2-3-9-4-5-11-7-10(9)6-8/h8-10H,2-7H2,1H3. The molecule has 1 heteroatoms. The van der Waals surface area contributed by atoms with Gasteiger partial charge in [-0.3, -0.25) is 0 Å². The maximum Gasteiger partial charge on any atom is 0.0497 e. The Morgan fingerprint density at radius 3 is 2.91 bits per heavy atom. The number of fused-ring (bicyclic) bond motifs is 1. The van der Waals surface area contributed by atoms with Crippen molar-refractivity contribution in [2.45, 2.75) is 32.6 Å². The average molecular weight is 154 g/mol. The summed E-state index contributed by atoms with van der Waals surface area (Å²) in [5, 5.41) is 0. The van der Waals surface area contributed by atoms with Crippen LogP contribution in [-0.2, 0) is 4.74 Å². The molecular weight excluding hydrogens is 136 g/mol. The van der Waals surface area contributed by atoms with E-state index in [4.69, 9.17) is 4.74 Å². The second kappa shape index (κ2) is 3.14. The van der Waals surface area contributed by atoms with Gasteiger partial charge in [0.1, 0.15) is 0 Å². The summed E-state index contributed by atoms with van der Waals surface area (Å²) in [6.07, 6.45) is 5.68. The van der Waals surface area contributed by atoms with Gasteiger partial charge in [0.25, 0.3) is 0 Å². The molecule has 0 bridgehead atoms. The average Bonchev–Trinajstić information content (AvgIpc) is 2.04. The van der Waals surface area contributed by atoms with Crippen LogP contribution in [-0.4, -0.2) is 13.2 Å². The van der Waals surface area contributed by atoms with Crippen molar-refractivity contribution >= 4 is 0 Å². The molecule has 0 radical (unpaired) electrons. The summed E-state index contributed by atoms with van der Waals surface area (Å²) in [5.41, 5.74) is 0. The highest BCUT2D eigenvalue weighted by Gasteiger charge is 2.30. The lowest BCUT2D eigenvalue weighted by Gasteiger charge is -2.37. The molecule has 3 unspecified atom stereocenters. The number of hydrogen-bond donors (Lipinski definition) is 0. The predicted molar refractivity (Wildman–Crippen MR) is 45.4 cm³/mol. The Labute approximate surface area is 69.1 Å². The van der Waals surface area contributed by atoms with Gasteiger partial charge in [-0.05, 0) is 37.0 Å². The summed E-state index contributed by atoms with van der Waals surface area (Å²) in [7, 11) is 0. The van der Waals surface area contributed by atoms with Crippen LogP contribution in [0.3, 0.4) is 0 Å². The van der Waals surface area contributed by atoms with Gasteiger partial charge in [0, 0.05) is 13.2 Å². The molecule has 11 heavy (non-hydrogen) atoms. The van der Waals surface area contributed by atoms with E-state index in [1.165, 1.54) is 25.7 Å². The molecule has 0 aromatic heterocycles. The molecular formula is C10H18O. The minimum absolute atomic E-state index is 0.910. The van der Waals surface area contributed by atoms with E-state index in [1.54, 1.807) is 0 Å². The maximum atomic E-state index is 5.49. The first-order chi connectivity index (χ1) is 5.36. The van der Waals surface area contributed by atoms with Crippen LogP contribution in [0, 0.1) is 17.8 Å². The highest BCUT2D eigenvalue weighted by atomic mass is 16.5. The molecule has 1 nitrogen and oxygen atoms in total. The van der Waals surface area contributed by atoms with E-state index >= 15 is 0 Å². The molecule has 64 valence electrons. The molecule has 1 saturated heterocycles. The van der Waals surface area contributed by atoms with Crippen LogP contribution in [0.25, 0.3) is 0 Å². The van der Waals surface area contributed by atoms with E-state index in [0.717, 1.165) is 31.0 Å². The maximum absolute atomic E-state index is 5.49. The van der Waals surface area contributed by atoms with Crippen LogP contribution in [0.2, 0.25) is 0 Å². The Morgan fingerprint density at radius 1 is 1.09 bits per heavy atom. The lowest BCUT2D eigenvalue weighted by atomic mass is 9.73. The molecule has 1 saturated carbocycles. The van der Waals surface area contributed by atoms with Crippen LogP contribution >= 0.6 is 0 Å². The zero-order chi connectivity index (χ0) is 7.68. The van der Waals surface area contributed by atoms with Crippen molar-refractivity contribution in [1.82, 2.24) is 0 Å². The molecule has 1 heterocycles. The minimum atomic E-state index is 0.910. The van der Waals surface area contributed by atoms with Gasteiger partial charge in [-0.15, -0.1) is 0 Å². The Hall–Kier alpha value is -0.0400. The summed E-state index contributed by atoms with van der Waals surface area (Å²) in [4.78, 5) is 0. The Balaban J connectivity index is 1.93. The molecule has 0 spiro atoms. The SMILES string of the molecule is CC1CCC2CCOCC2C1. The van der Waals surface area contributed by atoms with Crippen LogP contribution in [0.5, 0.6) is 0 Å². The third-order valence-electron chi connectivity index (χ3n) is 3.37. The monoisotopic (exact) mass is 154 g/mol.